The molecule has 0 aliphatic heterocycles. The molecule has 0 radical (unpaired) electrons. The van der Waals surface area contributed by atoms with Crippen LogP contribution < -0.4 is 0 Å². The molecule has 260 valence electrons. The van der Waals surface area contributed by atoms with Crippen LogP contribution in [0.3, 0.4) is 0 Å². The quantitative estimate of drug-likeness (QED) is 0.161. The van der Waals surface area contributed by atoms with Crippen LogP contribution in [0.5, 0.6) is 0 Å². The van der Waals surface area contributed by atoms with Crippen LogP contribution in [0.1, 0.15) is 0 Å². The van der Waals surface area contributed by atoms with Crippen molar-refractivity contribution in [2.24, 2.45) is 0 Å². The predicted molar refractivity (Wildman–Crippen MR) is 234 cm³/mol. The lowest BCUT2D eigenvalue weighted by Gasteiger charge is -2.14. The van der Waals surface area contributed by atoms with Crippen LogP contribution in [0.4, 0.5) is 0 Å². The van der Waals surface area contributed by atoms with Gasteiger partial charge in [0.1, 0.15) is 0 Å². The summed E-state index contributed by atoms with van der Waals surface area (Å²) in [5, 5.41) is 10.2. The van der Waals surface area contributed by atoms with Crippen molar-refractivity contribution in [3.8, 4) is 67.3 Å². The Morgan fingerprint density at radius 3 is 1.66 bits per heavy atom. The van der Waals surface area contributed by atoms with Crippen molar-refractivity contribution >= 4 is 43.1 Å². The number of pyridine rings is 1. The van der Waals surface area contributed by atoms with Crippen LogP contribution in [0.15, 0.2) is 200 Å². The minimum absolute atomic E-state index is 0.685. The van der Waals surface area contributed by atoms with Gasteiger partial charge in [-0.2, -0.15) is 0 Å². The van der Waals surface area contributed by atoms with E-state index in [9.17, 15) is 0 Å². The van der Waals surface area contributed by atoms with E-state index in [1.54, 1.807) is 6.20 Å². The summed E-state index contributed by atoms with van der Waals surface area (Å²) in [6.45, 7) is 0. The van der Waals surface area contributed by atoms with E-state index in [0.717, 1.165) is 44.8 Å². The Labute approximate surface area is 324 Å². The molecule has 0 atom stereocenters. The van der Waals surface area contributed by atoms with Gasteiger partial charge in [0.2, 0.25) is 0 Å². The Morgan fingerprint density at radius 1 is 0.304 bits per heavy atom. The number of hydrogen-bond acceptors (Lipinski definition) is 3. The summed E-state index contributed by atoms with van der Waals surface area (Å²) in [6, 6.07) is 67.3. The molecule has 2 heterocycles. The Balaban J connectivity index is 1.02. The second kappa shape index (κ2) is 13.1. The zero-order valence-electron chi connectivity index (χ0n) is 30.4. The molecule has 0 N–H and O–H groups in total. The lowest BCUT2D eigenvalue weighted by Crippen LogP contribution is -1.96. The van der Waals surface area contributed by atoms with Crippen molar-refractivity contribution < 1.29 is 0 Å². The minimum atomic E-state index is 0.685. The molecule has 0 spiro atoms. The number of hydrogen-bond donors (Lipinski definition) is 0. The lowest BCUT2D eigenvalue weighted by molar-refractivity contribution is 1.18. The average Bonchev–Trinajstić information content (AvgIpc) is 3.28. The van der Waals surface area contributed by atoms with Crippen molar-refractivity contribution in [3.63, 3.8) is 0 Å². The van der Waals surface area contributed by atoms with Crippen molar-refractivity contribution in [1.82, 2.24) is 15.0 Å². The largest absolute Gasteiger partial charge is 0.264 e. The molecule has 9 aromatic carbocycles. The van der Waals surface area contributed by atoms with E-state index in [2.05, 4.69) is 187 Å². The van der Waals surface area contributed by atoms with E-state index in [0.29, 0.717) is 5.82 Å². The van der Waals surface area contributed by atoms with Gasteiger partial charge in [0.15, 0.2) is 5.82 Å². The molecule has 11 rings (SSSR count). The Bertz CT molecular complexity index is 3200. The molecule has 3 heteroatoms. The molecule has 0 bridgehead atoms. The summed E-state index contributed by atoms with van der Waals surface area (Å²) in [5.74, 6) is 0.685. The second-order valence-electron chi connectivity index (χ2n) is 14.4. The fourth-order valence-corrected chi connectivity index (χ4v) is 8.35. The molecule has 0 fully saturated rings. The maximum atomic E-state index is 5.22. The van der Waals surface area contributed by atoms with Gasteiger partial charge in [0, 0.05) is 34.6 Å². The van der Waals surface area contributed by atoms with Crippen LogP contribution in [-0.2, 0) is 0 Å². The fourth-order valence-electron chi connectivity index (χ4n) is 8.35. The molecular formula is C53H33N3. The zero-order valence-corrected chi connectivity index (χ0v) is 30.4. The topological polar surface area (TPSA) is 38.7 Å². The predicted octanol–water partition coefficient (Wildman–Crippen LogP) is 13.9. The van der Waals surface area contributed by atoms with Gasteiger partial charge in [0.25, 0.3) is 0 Å². The van der Waals surface area contributed by atoms with E-state index < -0.39 is 0 Å². The normalized spacial score (nSPS) is 11.6. The monoisotopic (exact) mass is 711 g/mol. The summed E-state index contributed by atoms with van der Waals surface area (Å²) in [4.78, 5) is 14.8. The van der Waals surface area contributed by atoms with E-state index >= 15 is 0 Å². The van der Waals surface area contributed by atoms with E-state index in [4.69, 9.17) is 9.97 Å². The van der Waals surface area contributed by atoms with Crippen molar-refractivity contribution in [2.45, 2.75) is 0 Å². The van der Waals surface area contributed by atoms with Gasteiger partial charge >= 0.3 is 0 Å². The van der Waals surface area contributed by atoms with Gasteiger partial charge in [-0.1, -0.05) is 170 Å². The molecule has 0 aliphatic carbocycles. The molecule has 0 saturated carbocycles. The number of nitrogens with zero attached hydrogens (tertiary/aromatic N) is 3. The maximum absolute atomic E-state index is 5.22. The van der Waals surface area contributed by atoms with Crippen molar-refractivity contribution in [1.29, 1.82) is 0 Å². The van der Waals surface area contributed by atoms with Crippen LogP contribution >= 0.6 is 0 Å². The Kier molecular flexibility index (Phi) is 7.49. The SMILES string of the molecule is c1cncc(-c2cccc(-c3cc(-c4ccc(-c5cccc6ccccc56)cc4)nc(-c4ccc(-c5ccc6ccc7cccc8ccc5c6c78)cc4)n3)c2)c1. The Hall–Kier alpha value is -7.49. The van der Waals surface area contributed by atoms with Gasteiger partial charge < -0.3 is 0 Å². The van der Waals surface area contributed by atoms with Crippen molar-refractivity contribution in [3.05, 3.63) is 200 Å². The maximum Gasteiger partial charge on any atom is 0.160 e. The van der Waals surface area contributed by atoms with Gasteiger partial charge in [-0.05, 0) is 89.1 Å². The lowest BCUT2D eigenvalue weighted by atomic mass is 9.90. The van der Waals surface area contributed by atoms with Gasteiger partial charge in [-0.25, -0.2) is 9.97 Å². The third-order valence-electron chi connectivity index (χ3n) is 11.1. The standard InChI is InChI=1S/C53H33N3/c1-2-14-45-34(7-1)8-5-15-46(45)35-16-20-37(21-17-35)49-32-50(43-12-4-11-42(31-43)44-13-6-30-54-33-44)56-53(55-49)41-24-18-36(19-25-41)47-28-26-40-23-22-38-9-3-10-39-27-29-48(47)52(40)51(38)39/h1-33H. The minimum Gasteiger partial charge on any atom is -0.264 e. The highest BCUT2D eigenvalue weighted by Crippen LogP contribution is 2.40. The first-order chi connectivity index (χ1) is 27.7. The van der Waals surface area contributed by atoms with E-state index in [1.807, 2.05) is 12.3 Å². The average molecular weight is 712 g/mol. The molecular weight excluding hydrogens is 679 g/mol. The third-order valence-corrected chi connectivity index (χ3v) is 11.1. The van der Waals surface area contributed by atoms with Crippen LogP contribution in [0.25, 0.3) is 110 Å². The van der Waals surface area contributed by atoms with Gasteiger partial charge in [-0.15, -0.1) is 0 Å². The van der Waals surface area contributed by atoms with E-state index in [1.165, 1.54) is 59.8 Å². The first-order valence-corrected chi connectivity index (χ1v) is 19.0. The molecule has 3 nitrogen and oxygen atoms in total. The molecule has 2 aromatic heterocycles. The van der Waals surface area contributed by atoms with Crippen LogP contribution in [0, 0.1) is 0 Å². The zero-order chi connectivity index (χ0) is 37.0. The number of rotatable bonds is 6. The van der Waals surface area contributed by atoms with Crippen LogP contribution in [0.2, 0.25) is 0 Å². The molecule has 0 unspecified atom stereocenters. The van der Waals surface area contributed by atoms with Gasteiger partial charge in [0.05, 0.1) is 11.4 Å². The molecule has 11 aromatic rings. The first-order valence-electron chi connectivity index (χ1n) is 19.0. The molecule has 0 saturated heterocycles. The highest BCUT2D eigenvalue weighted by atomic mass is 14.9. The number of aromatic nitrogens is 3. The highest BCUT2D eigenvalue weighted by molar-refractivity contribution is 6.25. The van der Waals surface area contributed by atoms with E-state index in [-0.39, 0.29) is 0 Å². The molecule has 0 aliphatic rings. The van der Waals surface area contributed by atoms with Crippen molar-refractivity contribution in [2.75, 3.05) is 0 Å². The third kappa shape index (κ3) is 5.49. The smallest absolute Gasteiger partial charge is 0.160 e. The molecule has 0 amide bonds. The van der Waals surface area contributed by atoms with Crippen LogP contribution in [-0.4, -0.2) is 15.0 Å². The summed E-state index contributed by atoms with van der Waals surface area (Å²) in [6.07, 6.45) is 3.70. The fraction of sp³-hybridized carbons (Fsp3) is 0. The number of benzene rings is 9. The second-order valence-corrected chi connectivity index (χ2v) is 14.4. The summed E-state index contributed by atoms with van der Waals surface area (Å²) < 4.78 is 0. The summed E-state index contributed by atoms with van der Waals surface area (Å²) in [7, 11) is 0. The summed E-state index contributed by atoms with van der Waals surface area (Å²) >= 11 is 0. The number of fused-ring (bicyclic) bond motifs is 1. The highest BCUT2D eigenvalue weighted by Gasteiger charge is 2.15. The van der Waals surface area contributed by atoms with Gasteiger partial charge in [-0.3, -0.25) is 4.98 Å². The summed E-state index contributed by atoms with van der Waals surface area (Å²) in [5.41, 5.74) is 11.7. The Morgan fingerprint density at radius 2 is 0.875 bits per heavy atom. The molecule has 56 heavy (non-hydrogen) atoms. The first kappa shape index (κ1) is 32.0.